The normalized spacial score (nSPS) is 11.4. The number of benzene rings is 4. The molecule has 0 aliphatic heterocycles. The van der Waals surface area contributed by atoms with Gasteiger partial charge in [-0.3, -0.25) is 0 Å². The van der Waals surface area contributed by atoms with Gasteiger partial charge in [0.25, 0.3) is 0 Å². The van der Waals surface area contributed by atoms with Crippen molar-refractivity contribution in [3.05, 3.63) is 125 Å². The van der Waals surface area contributed by atoms with Crippen molar-refractivity contribution in [3.63, 3.8) is 0 Å². The van der Waals surface area contributed by atoms with Crippen LogP contribution in [-0.4, -0.2) is 20.8 Å². The van der Waals surface area contributed by atoms with Crippen LogP contribution in [0.1, 0.15) is 5.56 Å². The van der Waals surface area contributed by atoms with Crippen LogP contribution in [0.2, 0.25) is 0 Å². The fraction of sp³-hybridized carbons (Fsp3) is 0.0400. The SMILES string of the molecule is Brc1ccc(C[As+](c2ccccc2)(c2ccccc2)c2ccccc2)cc1.F[B-](F)(F)F. The Hall–Kier alpha value is -2.30. The van der Waals surface area contributed by atoms with E-state index in [1.807, 2.05) is 0 Å². The van der Waals surface area contributed by atoms with Gasteiger partial charge in [0.1, 0.15) is 0 Å². The first-order valence-electron chi connectivity index (χ1n) is 9.96. The van der Waals surface area contributed by atoms with Gasteiger partial charge in [-0.2, -0.15) is 0 Å². The first-order chi connectivity index (χ1) is 15.3. The average Bonchev–Trinajstić information content (AvgIpc) is 2.79. The molecule has 0 heterocycles. The molecular formula is C25H21AsBBrF4. The van der Waals surface area contributed by atoms with Gasteiger partial charge < -0.3 is 17.3 Å². The third kappa shape index (κ3) is 6.60. The van der Waals surface area contributed by atoms with Crippen LogP contribution in [0.4, 0.5) is 17.3 Å². The molecule has 0 nitrogen and oxygen atoms in total. The average molecular weight is 563 g/mol. The number of rotatable bonds is 5. The van der Waals surface area contributed by atoms with Crippen molar-refractivity contribution in [3.8, 4) is 0 Å². The maximum atomic E-state index is 9.75. The number of hydrogen-bond donors (Lipinski definition) is 0. The molecule has 0 bridgehead atoms. The summed E-state index contributed by atoms with van der Waals surface area (Å²) in [6.45, 7) is 0. The van der Waals surface area contributed by atoms with Crippen molar-refractivity contribution >= 4 is 49.8 Å². The second-order valence-electron chi connectivity index (χ2n) is 7.10. The van der Waals surface area contributed by atoms with Gasteiger partial charge in [0.2, 0.25) is 0 Å². The van der Waals surface area contributed by atoms with E-state index in [-0.39, 0.29) is 0 Å². The number of hydrogen-bond acceptors (Lipinski definition) is 0. The zero-order chi connectivity index (χ0) is 23.0. The molecule has 0 atom stereocenters. The van der Waals surface area contributed by atoms with Crippen molar-refractivity contribution in [1.82, 2.24) is 0 Å². The van der Waals surface area contributed by atoms with Crippen LogP contribution < -0.4 is 13.1 Å². The van der Waals surface area contributed by atoms with Crippen LogP contribution in [-0.2, 0) is 5.21 Å². The van der Waals surface area contributed by atoms with E-state index in [0.717, 1.165) is 9.68 Å². The summed E-state index contributed by atoms with van der Waals surface area (Å²) in [6.07, 6.45) is 0. The van der Waals surface area contributed by atoms with Crippen LogP contribution in [0.15, 0.2) is 120 Å². The van der Waals surface area contributed by atoms with Crippen molar-refractivity contribution in [1.29, 1.82) is 0 Å². The molecule has 32 heavy (non-hydrogen) atoms. The molecule has 4 rings (SSSR count). The van der Waals surface area contributed by atoms with Crippen molar-refractivity contribution < 1.29 is 17.3 Å². The molecule has 4 aromatic rings. The second-order valence-corrected chi connectivity index (χ2v) is 15.3. The van der Waals surface area contributed by atoms with E-state index in [9.17, 15) is 17.3 Å². The molecule has 0 aliphatic rings. The summed E-state index contributed by atoms with van der Waals surface area (Å²) in [5, 5.41) is 1.07. The standard InChI is InChI=1S/C25H21AsBr.BF4/c27-25-18-16-21(17-19-25)20-26(22-10-4-1-5-11-22,23-12-6-2-7-13-23)24-14-8-3-9-15-24;2-1(3,4)5/h1-19H,20H2;/q+1;-1. The molecule has 0 amide bonds. The van der Waals surface area contributed by atoms with Gasteiger partial charge in [-0.05, 0) is 0 Å². The van der Waals surface area contributed by atoms with Crippen molar-refractivity contribution in [2.24, 2.45) is 0 Å². The molecule has 0 radical (unpaired) electrons. The molecule has 0 fully saturated rings. The van der Waals surface area contributed by atoms with Gasteiger partial charge in [0.15, 0.2) is 0 Å². The largest absolute Gasteiger partial charge is 0.673 e. The fourth-order valence-electron chi connectivity index (χ4n) is 3.63. The molecule has 0 spiro atoms. The van der Waals surface area contributed by atoms with Gasteiger partial charge in [-0.25, -0.2) is 0 Å². The smallest absolute Gasteiger partial charge is 0.418 e. The minimum Gasteiger partial charge on any atom is -0.418 e. The summed E-state index contributed by atoms with van der Waals surface area (Å²) in [7, 11) is -6.00. The Morgan fingerprint density at radius 1 is 0.531 bits per heavy atom. The van der Waals surface area contributed by atoms with Crippen molar-refractivity contribution in [2.45, 2.75) is 5.21 Å². The molecule has 0 unspecified atom stereocenters. The van der Waals surface area contributed by atoms with Gasteiger partial charge in [0.05, 0.1) is 0 Å². The van der Waals surface area contributed by atoms with Crippen LogP contribution in [0.5, 0.6) is 0 Å². The Balaban J connectivity index is 0.000000523. The summed E-state index contributed by atoms with van der Waals surface area (Å²) >= 11 is 0.911. The zero-order valence-electron chi connectivity index (χ0n) is 17.1. The topological polar surface area (TPSA) is 0 Å². The van der Waals surface area contributed by atoms with Crippen molar-refractivity contribution in [2.75, 3.05) is 0 Å². The Morgan fingerprint density at radius 3 is 1.16 bits per heavy atom. The van der Waals surface area contributed by atoms with E-state index in [1.54, 1.807) is 0 Å². The van der Waals surface area contributed by atoms with E-state index < -0.39 is 20.8 Å². The molecule has 4 aromatic carbocycles. The summed E-state index contributed by atoms with van der Waals surface area (Å²) in [5.74, 6) is 0. The number of halogens is 5. The third-order valence-electron chi connectivity index (χ3n) is 4.92. The summed E-state index contributed by atoms with van der Waals surface area (Å²) < 4.78 is 44.6. The maximum Gasteiger partial charge on any atom is 0.673 e. The van der Waals surface area contributed by atoms with Gasteiger partial charge in [-0.15, -0.1) is 0 Å². The Labute approximate surface area is 197 Å². The summed E-state index contributed by atoms with van der Waals surface area (Å²) in [5.41, 5.74) is 1.39. The molecule has 0 aliphatic carbocycles. The predicted octanol–water partition coefficient (Wildman–Crippen LogP) is 6.00. The predicted molar refractivity (Wildman–Crippen MR) is 132 cm³/mol. The molecule has 0 saturated carbocycles. The third-order valence-corrected chi connectivity index (χ3v) is 14.6. The second kappa shape index (κ2) is 11.0. The minimum atomic E-state index is -6.00. The van der Waals surface area contributed by atoms with Gasteiger partial charge in [-0.1, -0.05) is 0 Å². The molecule has 164 valence electrons. The monoisotopic (exact) mass is 562 g/mol. The fourth-order valence-corrected chi connectivity index (χ4v) is 12.8. The van der Waals surface area contributed by atoms with E-state index in [2.05, 4.69) is 131 Å². The molecule has 0 saturated heterocycles. The van der Waals surface area contributed by atoms with E-state index in [1.165, 1.54) is 18.6 Å². The molecular weight excluding hydrogens is 542 g/mol. The summed E-state index contributed by atoms with van der Waals surface area (Å²) in [4.78, 5) is 0. The summed E-state index contributed by atoms with van der Waals surface area (Å²) in [6, 6.07) is 42.2. The maximum absolute atomic E-state index is 9.75. The zero-order valence-corrected chi connectivity index (χ0v) is 20.6. The van der Waals surface area contributed by atoms with Gasteiger partial charge >= 0.3 is 180 Å². The Kier molecular flexibility index (Phi) is 8.39. The Bertz CT molecular complexity index is 987. The van der Waals surface area contributed by atoms with Crippen LogP contribution >= 0.6 is 15.9 Å². The first kappa shape index (κ1) is 24.3. The quantitative estimate of drug-likeness (QED) is 0.207. The first-order valence-corrected chi connectivity index (χ1v) is 14.9. The minimum absolute atomic E-state index is 1.07. The van der Waals surface area contributed by atoms with E-state index >= 15 is 0 Å². The van der Waals surface area contributed by atoms with E-state index in [0.29, 0.717) is 0 Å². The van der Waals surface area contributed by atoms with Crippen LogP contribution in [0, 0.1) is 0 Å². The Morgan fingerprint density at radius 2 is 0.844 bits per heavy atom. The van der Waals surface area contributed by atoms with Gasteiger partial charge in [0, 0.05) is 0 Å². The molecule has 0 N–H and O–H groups in total. The molecule has 7 heteroatoms. The van der Waals surface area contributed by atoms with Crippen LogP contribution in [0.3, 0.4) is 0 Å². The van der Waals surface area contributed by atoms with Crippen LogP contribution in [0.25, 0.3) is 0 Å². The molecule has 0 aromatic heterocycles. The van der Waals surface area contributed by atoms with E-state index in [4.69, 9.17) is 0 Å².